The van der Waals surface area contributed by atoms with Crippen molar-refractivity contribution in [1.29, 1.82) is 0 Å². The van der Waals surface area contributed by atoms with Gasteiger partial charge in [-0.3, -0.25) is 0 Å². The lowest BCUT2D eigenvalue weighted by atomic mass is 9.94. The second kappa shape index (κ2) is 6.59. The van der Waals surface area contributed by atoms with E-state index < -0.39 is 11.7 Å². The second-order valence-electron chi connectivity index (χ2n) is 5.46. The highest BCUT2D eigenvalue weighted by Crippen LogP contribution is 2.31. The summed E-state index contributed by atoms with van der Waals surface area (Å²) in [7, 11) is 3.47. The van der Waals surface area contributed by atoms with Gasteiger partial charge in [-0.2, -0.15) is 13.2 Å². The van der Waals surface area contributed by atoms with E-state index in [9.17, 15) is 13.2 Å². The van der Waals surface area contributed by atoms with E-state index in [1.54, 1.807) is 7.11 Å². The smallest absolute Gasteiger partial charge is 0.379 e. The molecule has 0 heterocycles. The number of halogens is 3. The van der Waals surface area contributed by atoms with Crippen LogP contribution < -0.4 is 5.32 Å². The molecule has 0 spiro atoms. The summed E-state index contributed by atoms with van der Waals surface area (Å²) < 4.78 is 42.9. The zero-order chi connectivity index (χ0) is 15.4. The molecule has 0 aliphatic heterocycles. The molecule has 0 saturated carbocycles. The van der Waals surface area contributed by atoms with Crippen molar-refractivity contribution in [2.24, 2.45) is 0 Å². The molecule has 20 heavy (non-hydrogen) atoms. The number of nitrogens with one attached hydrogen (secondary N) is 1. The van der Waals surface area contributed by atoms with E-state index >= 15 is 0 Å². The molecule has 0 saturated heterocycles. The highest BCUT2D eigenvalue weighted by molar-refractivity contribution is 5.26. The first-order valence-corrected chi connectivity index (χ1v) is 6.59. The molecular weight excluding hydrogens is 267 g/mol. The summed E-state index contributed by atoms with van der Waals surface area (Å²) in [5, 5.41) is 3.14. The van der Waals surface area contributed by atoms with E-state index in [1.807, 2.05) is 20.9 Å². The summed E-state index contributed by atoms with van der Waals surface area (Å²) in [6.45, 7) is 3.99. The Bertz CT molecular complexity index is 412. The maximum absolute atomic E-state index is 12.5. The third kappa shape index (κ3) is 4.80. The molecule has 114 valence electrons. The van der Waals surface area contributed by atoms with Crippen LogP contribution in [0.1, 0.15) is 43.9 Å². The molecule has 0 bridgehead atoms. The van der Waals surface area contributed by atoms with Gasteiger partial charge >= 0.3 is 6.18 Å². The van der Waals surface area contributed by atoms with E-state index in [2.05, 4.69) is 5.32 Å². The standard InChI is InChI=1S/C15H22F3NO/c1-14(2,20-4)10-9-13(19-3)11-5-7-12(8-6-11)15(16,17)18/h5-8,13,19H,9-10H2,1-4H3. The summed E-state index contributed by atoms with van der Waals surface area (Å²) in [4.78, 5) is 0. The van der Waals surface area contributed by atoms with Gasteiger partial charge in [-0.25, -0.2) is 0 Å². The molecule has 0 amide bonds. The zero-order valence-corrected chi connectivity index (χ0v) is 12.3. The van der Waals surface area contributed by atoms with E-state index in [4.69, 9.17) is 4.74 Å². The molecule has 0 fully saturated rings. The van der Waals surface area contributed by atoms with Gasteiger partial charge in [0, 0.05) is 13.2 Å². The summed E-state index contributed by atoms with van der Waals surface area (Å²) in [5.41, 5.74) is 0.00168. The van der Waals surface area contributed by atoms with Crippen molar-refractivity contribution in [3.63, 3.8) is 0 Å². The largest absolute Gasteiger partial charge is 0.416 e. The van der Waals surface area contributed by atoms with Crippen LogP contribution in [-0.4, -0.2) is 19.8 Å². The van der Waals surface area contributed by atoms with E-state index in [0.29, 0.717) is 0 Å². The first kappa shape index (κ1) is 17.0. The molecule has 1 N–H and O–H groups in total. The fourth-order valence-electron chi connectivity index (χ4n) is 1.98. The monoisotopic (exact) mass is 289 g/mol. The van der Waals surface area contributed by atoms with Gasteiger partial charge < -0.3 is 10.1 Å². The first-order valence-electron chi connectivity index (χ1n) is 6.59. The predicted molar refractivity (Wildman–Crippen MR) is 73.6 cm³/mol. The lowest BCUT2D eigenvalue weighted by Gasteiger charge is -2.26. The fourth-order valence-corrected chi connectivity index (χ4v) is 1.98. The van der Waals surface area contributed by atoms with Crippen molar-refractivity contribution in [1.82, 2.24) is 5.32 Å². The lowest BCUT2D eigenvalue weighted by Crippen LogP contribution is -2.26. The van der Waals surface area contributed by atoms with E-state index in [0.717, 1.165) is 30.5 Å². The topological polar surface area (TPSA) is 21.3 Å². The average Bonchev–Trinajstić information content (AvgIpc) is 2.39. The Morgan fingerprint density at radius 2 is 1.70 bits per heavy atom. The SMILES string of the molecule is CNC(CCC(C)(C)OC)c1ccc(C(F)(F)F)cc1. The molecule has 1 aromatic carbocycles. The molecule has 0 radical (unpaired) electrons. The van der Waals surface area contributed by atoms with Gasteiger partial charge in [-0.1, -0.05) is 12.1 Å². The number of ether oxygens (including phenoxy) is 1. The van der Waals surface area contributed by atoms with Crippen LogP contribution in [0.15, 0.2) is 24.3 Å². The highest BCUT2D eigenvalue weighted by Gasteiger charge is 2.30. The van der Waals surface area contributed by atoms with Crippen molar-refractivity contribution in [2.75, 3.05) is 14.2 Å². The number of rotatable bonds is 6. The lowest BCUT2D eigenvalue weighted by molar-refractivity contribution is -0.137. The van der Waals surface area contributed by atoms with Crippen LogP contribution >= 0.6 is 0 Å². The van der Waals surface area contributed by atoms with Gasteiger partial charge in [0.25, 0.3) is 0 Å². The summed E-state index contributed by atoms with van der Waals surface area (Å²) >= 11 is 0. The number of methoxy groups -OCH3 is 1. The Balaban J connectivity index is 2.76. The Hall–Kier alpha value is -1.07. The van der Waals surface area contributed by atoms with Gasteiger partial charge in [0.2, 0.25) is 0 Å². The number of hydrogen-bond donors (Lipinski definition) is 1. The molecular formula is C15H22F3NO. The molecule has 0 aliphatic carbocycles. The molecule has 0 aromatic heterocycles. The number of benzene rings is 1. The maximum atomic E-state index is 12.5. The van der Waals surface area contributed by atoms with Crippen LogP contribution in [0.2, 0.25) is 0 Å². The first-order chi connectivity index (χ1) is 9.19. The molecule has 1 atom stereocenters. The summed E-state index contributed by atoms with van der Waals surface area (Å²) in [5.74, 6) is 0. The van der Waals surface area contributed by atoms with Crippen LogP contribution in [0.4, 0.5) is 13.2 Å². The minimum absolute atomic E-state index is 0.0201. The Morgan fingerprint density at radius 3 is 2.10 bits per heavy atom. The summed E-state index contributed by atoms with van der Waals surface area (Å²) in [6.07, 6.45) is -2.68. The third-order valence-electron chi connectivity index (χ3n) is 3.58. The quantitative estimate of drug-likeness (QED) is 0.848. The molecule has 2 nitrogen and oxygen atoms in total. The predicted octanol–water partition coefficient (Wildman–Crippen LogP) is 4.17. The average molecular weight is 289 g/mol. The van der Waals surface area contributed by atoms with Gasteiger partial charge in [0.1, 0.15) is 0 Å². The highest BCUT2D eigenvalue weighted by atomic mass is 19.4. The minimum Gasteiger partial charge on any atom is -0.379 e. The van der Waals surface area contributed by atoms with Crippen molar-refractivity contribution < 1.29 is 17.9 Å². The zero-order valence-electron chi connectivity index (χ0n) is 12.3. The van der Waals surface area contributed by atoms with Crippen molar-refractivity contribution in [3.05, 3.63) is 35.4 Å². The van der Waals surface area contributed by atoms with E-state index in [-0.39, 0.29) is 11.6 Å². The fraction of sp³-hybridized carbons (Fsp3) is 0.600. The minimum atomic E-state index is -4.29. The Labute approximate surface area is 118 Å². The second-order valence-corrected chi connectivity index (χ2v) is 5.46. The van der Waals surface area contributed by atoms with Crippen LogP contribution in [0, 0.1) is 0 Å². The molecule has 1 aromatic rings. The van der Waals surface area contributed by atoms with Gasteiger partial charge in [0.15, 0.2) is 0 Å². The van der Waals surface area contributed by atoms with Gasteiger partial charge in [-0.05, 0) is 51.4 Å². The van der Waals surface area contributed by atoms with Gasteiger partial charge in [-0.15, -0.1) is 0 Å². The Kier molecular flexibility index (Phi) is 5.59. The molecule has 1 unspecified atom stereocenters. The van der Waals surface area contributed by atoms with Crippen LogP contribution in [0.5, 0.6) is 0 Å². The molecule has 5 heteroatoms. The number of hydrogen-bond acceptors (Lipinski definition) is 2. The van der Waals surface area contributed by atoms with Crippen molar-refractivity contribution >= 4 is 0 Å². The van der Waals surface area contributed by atoms with Crippen LogP contribution in [-0.2, 0) is 10.9 Å². The van der Waals surface area contributed by atoms with E-state index in [1.165, 1.54) is 12.1 Å². The Morgan fingerprint density at radius 1 is 1.15 bits per heavy atom. The van der Waals surface area contributed by atoms with Crippen molar-refractivity contribution in [2.45, 2.75) is 44.5 Å². The van der Waals surface area contributed by atoms with Gasteiger partial charge in [0.05, 0.1) is 11.2 Å². The summed E-state index contributed by atoms with van der Waals surface area (Å²) in [6, 6.07) is 5.34. The van der Waals surface area contributed by atoms with Crippen molar-refractivity contribution in [3.8, 4) is 0 Å². The molecule has 0 aliphatic rings. The molecule has 1 rings (SSSR count). The number of alkyl halides is 3. The van der Waals surface area contributed by atoms with Crippen LogP contribution in [0.25, 0.3) is 0 Å². The third-order valence-corrected chi connectivity index (χ3v) is 3.58. The van der Waals surface area contributed by atoms with Crippen LogP contribution in [0.3, 0.4) is 0 Å². The normalized spacial score (nSPS) is 14.3. The maximum Gasteiger partial charge on any atom is 0.416 e.